The maximum Gasteiger partial charge on any atom is 0.307 e. The van der Waals surface area contributed by atoms with Crippen LogP contribution in [0.3, 0.4) is 0 Å². The Morgan fingerprint density at radius 2 is 1.85 bits per heavy atom. The quantitative estimate of drug-likeness (QED) is 0.884. The fourth-order valence-electron chi connectivity index (χ4n) is 2.66. The minimum Gasteiger partial charge on any atom is -0.481 e. The molecule has 0 unspecified atom stereocenters. The normalized spacial score (nSPS) is 21.8. The van der Waals surface area contributed by atoms with Crippen molar-refractivity contribution in [1.29, 1.82) is 5.26 Å². The summed E-state index contributed by atoms with van der Waals surface area (Å²) >= 11 is 0. The molecule has 1 amide bonds. The van der Waals surface area contributed by atoms with Gasteiger partial charge in [0.2, 0.25) is 5.91 Å². The molecule has 1 fully saturated rings. The molecule has 1 aromatic carbocycles. The first-order chi connectivity index (χ1) is 9.63. The molecule has 20 heavy (non-hydrogen) atoms. The molecule has 0 bridgehead atoms. The molecule has 1 aliphatic carbocycles. The van der Waals surface area contributed by atoms with Crippen LogP contribution in [0.15, 0.2) is 24.3 Å². The first-order valence-electron chi connectivity index (χ1n) is 6.66. The molecule has 0 radical (unpaired) electrons. The maximum atomic E-state index is 12.3. The van der Waals surface area contributed by atoms with Gasteiger partial charge in [0.05, 0.1) is 23.1 Å². The highest BCUT2D eigenvalue weighted by atomic mass is 16.4. The van der Waals surface area contributed by atoms with Crippen molar-refractivity contribution in [3.63, 3.8) is 0 Å². The third-order valence-corrected chi connectivity index (χ3v) is 3.73. The van der Waals surface area contributed by atoms with Gasteiger partial charge in [-0.05, 0) is 25.0 Å². The zero-order chi connectivity index (χ0) is 14.5. The van der Waals surface area contributed by atoms with Gasteiger partial charge >= 0.3 is 5.97 Å². The molecule has 0 saturated heterocycles. The largest absolute Gasteiger partial charge is 0.481 e. The summed E-state index contributed by atoms with van der Waals surface area (Å²) in [6.45, 7) is 0. The number of nitrogens with zero attached hydrogens (tertiary/aromatic N) is 1. The first-order valence-corrected chi connectivity index (χ1v) is 6.66. The van der Waals surface area contributed by atoms with E-state index in [1.165, 1.54) is 0 Å². The number of carboxylic acid groups (broad SMARTS) is 1. The lowest BCUT2D eigenvalue weighted by molar-refractivity contribution is -0.147. The second-order valence-corrected chi connectivity index (χ2v) is 4.98. The van der Waals surface area contributed by atoms with Crippen LogP contribution in [0.2, 0.25) is 0 Å². The molecule has 2 atom stereocenters. The molecule has 1 saturated carbocycles. The van der Waals surface area contributed by atoms with Gasteiger partial charge < -0.3 is 10.4 Å². The number of amides is 1. The van der Waals surface area contributed by atoms with Crippen molar-refractivity contribution in [2.45, 2.75) is 25.7 Å². The van der Waals surface area contributed by atoms with E-state index >= 15 is 0 Å². The number of carboxylic acids is 1. The molecular weight excluding hydrogens is 256 g/mol. The molecule has 1 aliphatic rings. The van der Waals surface area contributed by atoms with E-state index in [0.717, 1.165) is 12.8 Å². The van der Waals surface area contributed by atoms with E-state index in [-0.39, 0.29) is 5.91 Å². The molecule has 1 aromatic rings. The molecule has 0 spiro atoms. The van der Waals surface area contributed by atoms with Gasteiger partial charge in [0.25, 0.3) is 0 Å². The number of nitriles is 1. The van der Waals surface area contributed by atoms with Crippen LogP contribution in [-0.4, -0.2) is 17.0 Å². The average molecular weight is 272 g/mol. The molecule has 2 rings (SSSR count). The molecule has 5 nitrogen and oxygen atoms in total. The van der Waals surface area contributed by atoms with Gasteiger partial charge in [0, 0.05) is 0 Å². The highest BCUT2D eigenvalue weighted by Gasteiger charge is 2.35. The highest BCUT2D eigenvalue weighted by Crippen LogP contribution is 2.31. The number of carbonyl (C=O) groups excluding carboxylic acids is 1. The number of hydrogen-bond acceptors (Lipinski definition) is 3. The summed E-state index contributed by atoms with van der Waals surface area (Å²) in [7, 11) is 0. The summed E-state index contributed by atoms with van der Waals surface area (Å²) in [6, 6.07) is 8.72. The summed E-state index contributed by atoms with van der Waals surface area (Å²) in [5, 5.41) is 20.9. The predicted molar refractivity (Wildman–Crippen MR) is 72.9 cm³/mol. The number of para-hydroxylation sites is 1. The van der Waals surface area contributed by atoms with E-state index in [1.54, 1.807) is 24.3 Å². The van der Waals surface area contributed by atoms with Crippen LogP contribution in [0.4, 0.5) is 5.69 Å². The van der Waals surface area contributed by atoms with E-state index < -0.39 is 17.8 Å². The van der Waals surface area contributed by atoms with Crippen molar-refractivity contribution in [2.75, 3.05) is 5.32 Å². The van der Waals surface area contributed by atoms with Crippen LogP contribution >= 0.6 is 0 Å². The number of rotatable bonds is 3. The lowest BCUT2D eigenvalue weighted by Crippen LogP contribution is -2.36. The van der Waals surface area contributed by atoms with Crippen LogP contribution in [-0.2, 0) is 9.59 Å². The van der Waals surface area contributed by atoms with Crippen LogP contribution < -0.4 is 5.32 Å². The van der Waals surface area contributed by atoms with Crippen molar-refractivity contribution < 1.29 is 14.7 Å². The Balaban J connectivity index is 2.14. The molecule has 0 aliphatic heterocycles. The lowest BCUT2D eigenvalue weighted by atomic mass is 9.78. The van der Waals surface area contributed by atoms with Gasteiger partial charge in [-0.2, -0.15) is 5.26 Å². The lowest BCUT2D eigenvalue weighted by Gasteiger charge is -2.27. The van der Waals surface area contributed by atoms with E-state index in [0.29, 0.717) is 24.1 Å². The first kappa shape index (κ1) is 14.1. The molecule has 2 N–H and O–H groups in total. The Labute approximate surface area is 117 Å². The number of hydrogen-bond donors (Lipinski definition) is 2. The van der Waals surface area contributed by atoms with Crippen molar-refractivity contribution in [3.8, 4) is 6.07 Å². The standard InChI is InChI=1S/C15H16N2O3/c16-9-10-5-1-4-8-13(10)17-14(18)11-6-2-3-7-12(11)15(19)20/h1,4-5,8,11-12H,2-3,6-7H2,(H,17,18)(H,19,20)/t11-,12-/m1/s1. The monoisotopic (exact) mass is 272 g/mol. The molecule has 0 aromatic heterocycles. The smallest absolute Gasteiger partial charge is 0.307 e. The summed E-state index contributed by atoms with van der Waals surface area (Å²) in [5.41, 5.74) is 0.818. The minimum absolute atomic E-state index is 0.306. The summed E-state index contributed by atoms with van der Waals surface area (Å²) in [5.74, 6) is -2.37. The SMILES string of the molecule is N#Cc1ccccc1NC(=O)[C@@H]1CCCC[C@H]1C(=O)O. The maximum absolute atomic E-state index is 12.3. The summed E-state index contributed by atoms with van der Waals surface area (Å²) < 4.78 is 0. The van der Waals surface area contributed by atoms with Crippen LogP contribution in [0, 0.1) is 23.2 Å². The zero-order valence-corrected chi connectivity index (χ0v) is 11.0. The number of aliphatic carboxylic acids is 1. The van der Waals surface area contributed by atoms with Crippen LogP contribution in [0.5, 0.6) is 0 Å². The van der Waals surface area contributed by atoms with Crippen molar-refractivity contribution in [3.05, 3.63) is 29.8 Å². The summed E-state index contributed by atoms with van der Waals surface area (Å²) in [6.07, 6.45) is 2.82. The number of benzene rings is 1. The Kier molecular flexibility index (Phi) is 4.36. The van der Waals surface area contributed by atoms with Gasteiger partial charge in [0.15, 0.2) is 0 Å². The minimum atomic E-state index is -0.918. The second-order valence-electron chi connectivity index (χ2n) is 4.98. The predicted octanol–water partition coefficient (Wildman–Crippen LogP) is 2.39. The highest BCUT2D eigenvalue weighted by molar-refractivity contribution is 5.96. The Morgan fingerprint density at radius 1 is 1.20 bits per heavy atom. The van der Waals surface area contributed by atoms with E-state index in [1.807, 2.05) is 6.07 Å². The zero-order valence-electron chi connectivity index (χ0n) is 11.0. The topological polar surface area (TPSA) is 90.2 Å². The third kappa shape index (κ3) is 2.97. The van der Waals surface area contributed by atoms with Gasteiger partial charge in [0.1, 0.15) is 6.07 Å². The van der Waals surface area contributed by atoms with Crippen LogP contribution in [0.25, 0.3) is 0 Å². The van der Waals surface area contributed by atoms with Crippen molar-refractivity contribution in [2.24, 2.45) is 11.8 Å². The Hall–Kier alpha value is -2.35. The van der Waals surface area contributed by atoms with E-state index in [2.05, 4.69) is 5.32 Å². The number of anilines is 1. The fourth-order valence-corrected chi connectivity index (χ4v) is 2.66. The Morgan fingerprint density at radius 3 is 2.50 bits per heavy atom. The molecular formula is C15H16N2O3. The molecule has 0 heterocycles. The fraction of sp³-hybridized carbons (Fsp3) is 0.400. The molecule has 5 heteroatoms. The van der Waals surface area contributed by atoms with Gasteiger partial charge in [-0.15, -0.1) is 0 Å². The molecule has 104 valence electrons. The van der Waals surface area contributed by atoms with E-state index in [4.69, 9.17) is 5.26 Å². The van der Waals surface area contributed by atoms with Gasteiger partial charge in [-0.25, -0.2) is 0 Å². The van der Waals surface area contributed by atoms with E-state index in [9.17, 15) is 14.7 Å². The second kappa shape index (κ2) is 6.20. The van der Waals surface area contributed by atoms with Gasteiger partial charge in [-0.1, -0.05) is 25.0 Å². The van der Waals surface area contributed by atoms with Crippen molar-refractivity contribution >= 4 is 17.6 Å². The summed E-state index contributed by atoms with van der Waals surface area (Å²) in [4.78, 5) is 23.5. The van der Waals surface area contributed by atoms with Gasteiger partial charge in [-0.3, -0.25) is 9.59 Å². The Bertz CT molecular complexity index is 562. The number of nitrogens with one attached hydrogen (secondary N) is 1. The van der Waals surface area contributed by atoms with Crippen molar-refractivity contribution in [1.82, 2.24) is 0 Å². The van der Waals surface area contributed by atoms with Crippen LogP contribution in [0.1, 0.15) is 31.2 Å². The third-order valence-electron chi connectivity index (χ3n) is 3.73. The average Bonchev–Trinajstić information content (AvgIpc) is 2.47. The number of carbonyl (C=O) groups is 2.